The van der Waals surface area contributed by atoms with Gasteiger partial charge in [0.25, 0.3) is 0 Å². The van der Waals surface area contributed by atoms with Crippen molar-refractivity contribution in [3.8, 4) is 0 Å². The van der Waals surface area contributed by atoms with Crippen LogP contribution in [0.15, 0.2) is 18.2 Å². The van der Waals surface area contributed by atoms with Gasteiger partial charge in [-0.3, -0.25) is 4.79 Å². The Balaban J connectivity index is 1.87. The Hall–Kier alpha value is -1.00. The molecule has 4 heteroatoms. The Labute approximate surface area is 126 Å². The molecule has 0 aliphatic carbocycles. The number of amides is 1. The molecule has 1 fully saturated rings. The smallest absolute Gasteiger partial charge is 0.235 e. The fraction of sp³-hybridized carbons (Fsp3) is 0.562. The summed E-state index contributed by atoms with van der Waals surface area (Å²) in [6.07, 6.45) is 0. The fourth-order valence-electron chi connectivity index (χ4n) is 2.59. The zero-order valence-electron chi connectivity index (χ0n) is 12.6. The van der Waals surface area contributed by atoms with Crippen LogP contribution in [-0.4, -0.2) is 42.2 Å². The predicted molar refractivity (Wildman–Crippen MR) is 86.1 cm³/mol. The molecule has 1 aromatic rings. The second-order valence-electron chi connectivity index (χ2n) is 5.52. The molecule has 0 bridgehead atoms. The van der Waals surface area contributed by atoms with Crippen LogP contribution in [0.2, 0.25) is 0 Å². The van der Waals surface area contributed by atoms with E-state index in [0.29, 0.717) is 0 Å². The summed E-state index contributed by atoms with van der Waals surface area (Å²) in [5.41, 5.74) is 3.90. The van der Waals surface area contributed by atoms with Gasteiger partial charge in [-0.15, -0.1) is 11.8 Å². The Morgan fingerprint density at radius 2 is 1.85 bits per heavy atom. The molecule has 1 unspecified atom stereocenters. The normalized spacial score (nSPS) is 17.1. The van der Waals surface area contributed by atoms with E-state index in [1.54, 1.807) is 11.8 Å². The van der Waals surface area contributed by atoms with Gasteiger partial charge in [0.15, 0.2) is 0 Å². The first kappa shape index (κ1) is 15.4. The minimum atomic E-state index is 0.0360. The zero-order chi connectivity index (χ0) is 14.5. The Morgan fingerprint density at radius 3 is 2.45 bits per heavy atom. The molecule has 1 aliphatic heterocycles. The van der Waals surface area contributed by atoms with Gasteiger partial charge >= 0.3 is 0 Å². The molecule has 3 nitrogen and oxygen atoms in total. The minimum Gasteiger partial charge on any atom is -0.339 e. The van der Waals surface area contributed by atoms with Crippen molar-refractivity contribution in [2.75, 3.05) is 26.2 Å². The number of piperazine rings is 1. The average Bonchev–Trinajstić information content (AvgIpc) is 2.44. The number of benzene rings is 1. The Kier molecular flexibility index (Phi) is 5.49. The monoisotopic (exact) mass is 292 g/mol. The molecule has 0 radical (unpaired) electrons. The number of nitrogens with one attached hydrogen (secondary N) is 1. The molecule has 2 rings (SSSR count). The predicted octanol–water partition coefficient (Wildman–Crippen LogP) is 2.36. The van der Waals surface area contributed by atoms with E-state index in [1.807, 2.05) is 11.8 Å². The summed E-state index contributed by atoms with van der Waals surface area (Å²) in [5.74, 6) is 1.18. The third kappa shape index (κ3) is 4.25. The lowest BCUT2D eigenvalue weighted by atomic mass is 10.1. The Bertz CT molecular complexity index is 449. The third-order valence-corrected chi connectivity index (χ3v) is 4.76. The number of carbonyl (C=O) groups is 1. The first-order chi connectivity index (χ1) is 9.56. The highest BCUT2D eigenvalue weighted by Crippen LogP contribution is 2.21. The van der Waals surface area contributed by atoms with Crippen LogP contribution in [0, 0.1) is 13.8 Å². The van der Waals surface area contributed by atoms with Crippen LogP contribution in [0.1, 0.15) is 23.6 Å². The van der Waals surface area contributed by atoms with E-state index in [-0.39, 0.29) is 11.2 Å². The van der Waals surface area contributed by atoms with Crippen LogP contribution in [-0.2, 0) is 10.5 Å². The van der Waals surface area contributed by atoms with Crippen LogP contribution >= 0.6 is 11.8 Å². The van der Waals surface area contributed by atoms with Crippen LogP contribution in [0.4, 0.5) is 0 Å². The molecule has 1 heterocycles. The SMILES string of the molecule is Cc1cc(C)cc(CSC(C)C(=O)N2CCNCC2)c1. The summed E-state index contributed by atoms with van der Waals surface area (Å²) >= 11 is 1.74. The number of thioether (sulfide) groups is 1. The highest BCUT2D eigenvalue weighted by Gasteiger charge is 2.22. The van der Waals surface area contributed by atoms with Gasteiger partial charge in [-0.1, -0.05) is 29.3 Å². The van der Waals surface area contributed by atoms with Crippen molar-refractivity contribution in [2.45, 2.75) is 31.8 Å². The average molecular weight is 292 g/mol. The molecule has 110 valence electrons. The summed E-state index contributed by atoms with van der Waals surface area (Å²) in [7, 11) is 0. The maximum Gasteiger partial charge on any atom is 0.235 e. The minimum absolute atomic E-state index is 0.0360. The first-order valence-corrected chi connectivity index (χ1v) is 8.29. The maximum absolute atomic E-state index is 12.3. The molecule has 1 aromatic carbocycles. The molecule has 1 aliphatic rings. The lowest BCUT2D eigenvalue weighted by Gasteiger charge is -2.29. The molecule has 1 N–H and O–H groups in total. The van der Waals surface area contributed by atoms with Crippen molar-refractivity contribution in [3.05, 3.63) is 34.9 Å². The van der Waals surface area contributed by atoms with E-state index in [0.717, 1.165) is 31.9 Å². The topological polar surface area (TPSA) is 32.3 Å². The highest BCUT2D eigenvalue weighted by atomic mass is 32.2. The van der Waals surface area contributed by atoms with Crippen molar-refractivity contribution in [2.24, 2.45) is 0 Å². The Morgan fingerprint density at radius 1 is 1.25 bits per heavy atom. The van der Waals surface area contributed by atoms with Gasteiger partial charge in [-0.05, 0) is 26.3 Å². The van der Waals surface area contributed by atoms with E-state index in [1.165, 1.54) is 16.7 Å². The first-order valence-electron chi connectivity index (χ1n) is 7.24. The molecule has 0 spiro atoms. The van der Waals surface area contributed by atoms with Crippen molar-refractivity contribution in [1.29, 1.82) is 0 Å². The summed E-state index contributed by atoms with van der Waals surface area (Å²) in [6, 6.07) is 6.60. The number of hydrogen-bond acceptors (Lipinski definition) is 3. The molecule has 1 amide bonds. The zero-order valence-corrected chi connectivity index (χ0v) is 13.4. The number of aryl methyl sites for hydroxylation is 2. The van der Waals surface area contributed by atoms with Gasteiger partial charge in [0, 0.05) is 31.9 Å². The van der Waals surface area contributed by atoms with Crippen molar-refractivity contribution in [1.82, 2.24) is 10.2 Å². The second kappa shape index (κ2) is 7.14. The lowest BCUT2D eigenvalue weighted by Crippen LogP contribution is -2.48. The molecule has 20 heavy (non-hydrogen) atoms. The second-order valence-corrected chi connectivity index (χ2v) is 6.85. The fourth-order valence-corrected chi connectivity index (χ4v) is 3.49. The van der Waals surface area contributed by atoms with Crippen molar-refractivity contribution in [3.63, 3.8) is 0 Å². The summed E-state index contributed by atoms with van der Waals surface area (Å²) < 4.78 is 0. The van der Waals surface area contributed by atoms with Crippen LogP contribution < -0.4 is 5.32 Å². The van der Waals surface area contributed by atoms with E-state index < -0.39 is 0 Å². The summed E-state index contributed by atoms with van der Waals surface area (Å²) in [5, 5.41) is 3.31. The molecule has 0 saturated carbocycles. The van der Waals surface area contributed by atoms with E-state index >= 15 is 0 Å². The molecular formula is C16H24N2OS. The van der Waals surface area contributed by atoms with Gasteiger partial charge in [0.05, 0.1) is 5.25 Å². The van der Waals surface area contributed by atoms with Crippen LogP contribution in [0.3, 0.4) is 0 Å². The highest BCUT2D eigenvalue weighted by molar-refractivity contribution is 7.99. The standard InChI is InChI=1S/C16H24N2OS/c1-12-8-13(2)10-15(9-12)11-20-14(3)16(19)18-6-4-17-5-7-18/h8-10,14,17H,4-7,11H2,1-3H3. The number of carbonyl (C=O) groups excluding carboxylic acids is 1. The molecule has 1 saturated heterocycles. The summed E-state index contributed by atoms with van der Waals surface area (Å²) in [4.78, 5) is 14.3. The molecule has 0 aromatic heterocycles. The molecular weight excluding hydrogens is 268 g/mol. The number of hydrogen-bond donors (Lipinski definition) is 1. The largest absolute Gasteiger partial charge is 0.339 e. The van der Waals surface area contributed by atoms with Crippen LogP contribution in [0.5, 0.6) is 0 Å². The lowest BCUT2D eigenvalue weighted by molar-refractivity contribution is -0.130. The van der Waals surface area contributed by atoms with E-state index in [4.69, 9.17) is 0 Å². The third-order valence-electron chi connectivity index (χ3n) is 3.56. The van der Waals surface area contributed by atoms with E-state index in [9.17, 15) is 4.79 Å². The van der Waals surface area contributed by atoms with Gasteiger partial charge < -0.3 is 10.2 Å². The number of rotatable bonds is 4. The van der Waals surface area contributed by atoms with E-state index in [2.05, 4.69) is 37.4 Å². The van der Waals surface area contributed by atoms with Crippen molar-refractivity contribution < 1.29 is 4.79 Å². The van der Waals surface area contributed by atoms with Crippen molar-refractivity contribution >= 4 is 17.7 Å². The van der Waals surface area contributed by atoms with Gasteiger partial charge in [0.1, 0.15) is 0 Å². The number of nitrogens with zero attached hydrogens (tertiary/aromatic N) is 1. The summed E-state index contributed by atoms with van der Waals surface area (Å²) in [6.45, 7) is 9.78. The van der Waals surface area contributed by atoms with Gasteiger partial charge in [-0.2, -0.15) is 0 Å². The van der Waals surface area contributed by atoms with Gasteiger partial charge in [0.2, 0.25) is 5.91 Å². The molecule has 1 atom stereocenters. The van der Waals surface area contributed by atoms with Gasteiger partial charge in [-0.25, -0.2) is 0 Å². The quantitative estimate of drug-likeness (QED) is 0.924. The van der Waals surface area contributed by atoms with Crippen LogP contribution in [0.25, 0.3) is 0 Å². The maximum atomic E-state index is 12.3.